The van der Waals surface area contributed by atoms with Crippen molar-refractivity contribution in [3.63, 3.8) is 0 Å². The van der Waals surface area contributed by atoms with Crippen LogP contribution in [0.5, 0.6) is 11.5 Å². The van der Waals surface area contributed by atoms with Crippen LogP contribution in [0, 0.1) is 29.5 Å². The van der Waals surface area contributed by atoms with Crippen LogP contribution in [-0.4, -0.2) is 12.5 Å². The summed E-state index contributed by atoms with van der Waals surface area (Å²) in [7, 11) is 0. The first kappa shape index (κ1) is 30.1. The van der Waals surface area contributed by atoms with Gasteiger partial charge in [0.05, 0.1) is 5.92 Å². The molecule has 0 saturated heterocycles. The highest BCUT2D eigenvalue weighted by molar-refractivity contribution is 5.32. The Hall–Kier alpha value is -2.38. The van der Waals surface area contributed by atoms with Crippen LogP contribution >= 0.6 is 0 Å². The summed E-state index contributed by atoms with van der Waals surface area (Å²) in [5.41, 5.74) is 1.96. The van der Waals surface area contributed by atoms with Gasteiger partial charge < -0.3 is 9.47 Å². The minimum absolute atomic E-state index is 0.0742. The van der Waals surface area contributed by atoms with Gasteiger partial charge in [0.25, 0.3) is 0 Å². The maximum atomic E-state index is 15.2. The first-order valence-corrected chi connectivity index (χ1v) is 15.2. The van der Waals surface area contributed by atoms with Gasteiger partial charge in [-0.3, -0.25) is 0 Å². The van der Waals surface area contributed by atoms with Crippen LogP contribution in [0.15, 0.2) is 42.5 Å². The lowest BCUT2D eigenvalue weighted by atomic mass is 9.68. The summed E-state index contributed by atoms with van der Waals surface area (Å²) in [5.74, 6) is 0.594. The highest BCUT2D eigenvalue weighted by Crippen LogP contribution is 2.47. The Morgan fingerprint density at radius 3 is 1.66 bits per heavy atom. The summed E-state index contributed by atoms with van der Waals surface area (Å²) in [6, 6.07) is 9.97. The average Bonchev–Trinajstić information content (AvgIpc) is 2.94. The fraction of sp³-hybridized carbons (Fsp3) is 0.636. The smallest absolute Gasteiger partial charge is 0.432 e. The second kappa shape index (κ2) is 12.5. The lowest BCUT2D eigenvalue weighted by molar-refractivity contribution is -0.274. The number of hydrogen-bond donors (Lipinski definition) is 0. The van der Waals surface area contributed by atoms with E-state index in [4.69, 9.17) is 4.74 Å². The van der Waals surface area contributed by atoms with Crippen molar-refractivity contribution in [3.8, 4) is 11.5 Å². The van der Waals surface area contributed by atoms with Crippen molar-refractivity contribution in [2.75, 3.05) is 0 Å². The SMILES string of the molecule is CC1CCC(c2ccc(C3CCC(C4CCC(C(F)(F)Oc5ccc(OC(F)(F)F)cc5)CC4)CC3)c(F)c2)CC1. The maximum absolute atomic E-state index is 15.2. The maximum Gasteiger partial charge on any atom is 0.573 e. The Bertz CT molecular complexity index is 1120. The molecule has 5 rings (SSSR count). The highest BCUT2D eigenvalue weighted by atomic mass is 19.4. The summed E-state index contributed by atoms with van der Waals surface area (Å²) in [4.78, 5) is 0. The van der Waals surface area contributed by atoms with E-state index in [0.29, 0.717) is 43.4 Å². The fourth-order valence-electron chi connectivity index (χ4n) is 7.50. The van der Waals surface area contributed by atoms with Crippen molar-refractivity contribution in [1.82, 2.24) is 0 Å². The van der Waals surface area contributed by atoms with Crippen LogP contribution in [0.25, 0.3) is 0 Å². The van der Waals surface area contributed by atoms with E-state index in [1.54, 1.807) is 6.07 Å². The third-order valence-electron chi connectivity index (χ3n) is 9.95. The van der Waals surface area contributed by atoms with Crippen LogP contribution in [-0.2, 0) is 0 Å². The van der Waals surface area contributed by atoms with Crippen molar-refractivity contribution < 1.29 is 35.8 Å². The zero-order valence-corrected chi connectivity index (χ0v) is 23.6. The molecule has 0 N–H and O–H groups in total. The first-order valence-electron chi connectivity index (χ1n) is 15.2. The minimum Gasteiger partial charge on any atom is -0.432 e. The van der Waals surface area contributed by atoms with Gasteiger partial charge in [-0.2, -0.15) is 8.78 Å². The molecular formula is C33H40F6O2. The second-order valence-electron chi connectivity index (χ2n) is 12.6. The number of rotatable bonds is 7. The van der Waals surface area contributed by atoms with Gasteiger partial charge in [-0.15, -0.1) is 13.2 Å². The van der Waals surface area contributed by atoms with Gasteiger partial charge >= 0.3 is 12.5 Å². The fourth-order valence-corrected chi connectivity index (χ4v) is 7.50. The molecule has 2 aromatic carbocycles. The van der Waals surface area contributed by atoms with Crippen LogP contribution in [0.4, 0.5) is 26.3 Å². The van der Waals surface area contributed by atoms with Gasteiger partial charge in [-0.25, -0.2) is 4.39 Å². The summed E-state index contributed by atoms with van der Waals surface area (Å²) in [6.07, 6.45) is 2.33. The molecule has 2 aromatic rings. The Kier molecular flexibility index (Phi) is 9.15. The predicted molar refractivity (Wildman–Crippen MR) is 146 cm³/mol. The molecule has 3 fully saturated rings. The van der Waals surface area contributed by atoms with Crippen LogP contribution in [0.3, 0.4) is 0 Å². The number of halogens is 6. The summed E-state index contributed by atoms with van der Waals surface area (Å²) >= 11 is 0. The molecule has 8 heteroatoms. The Morgan fingerprint density at radius 2 is 1.12 bits per heavy atom. The molecular weight excluding hydrogens is 542 g/mol. The van der Waals surface area contributed by atoms with E-state index in [9.17, 15) is 22.0 Å². The lowest BCUT2D eigenvalue weighted by Crippen LogP contribution is -2.38. The lowest BCUT2D eigenvalue weighted by Gasteiger charge is -2.39. The molecule has 41 heavy (non-hydrogen) atoms. The molecule has 3 aliphatic carbocycles. The molecule has 2 nitrogen and oxygen atoms in total. The molecule has 0 atom stereocenters. The second-order valence-corrected chi connectivity index (χ2v) is 12.6. The molecule has 0 amide bonds. The standard InChI is InChI=1S/C33H40F6O2/c1-21-2-4-24(5-3-21)26-12-19-30(31(34)20-26)25-8-6-22(7-9-25)23-10-13-27(14-11-23)32(35,36)40-28-15-17-29(18-16-28)41-33(37,38)39/h12,15-25,27H,2-11,13-14H2,1H3. The van der Waals surface area contributed by atoms with E-state index in [-0.39, 0.29) is 17.5 Å². The van der Waals surface area contributed by atoms with Crippen molar-refractivity contribution in [2.45, 2.75) is 108 Å². The van der Waals surface area contributed by atoms with Gasteiger partial charge in [0.15, 0.2) is 0 Å². The molecule has 0 bridgehead atoms. The van der Waals surface area contributed by atoms with Crippen LogP contribution in [0.2, 0.25) is 0 Å². The normalized spacial score (nSPS) is 29.6. The van der Waals surface area contributed by atoms with E-state index in [1.165, 1.54) is 12.8 Å². The number of alkyl halides is 5. The Balaban J connectivity index is 1.08. The predicted octanol–water partition coefficient (Wildman–Crippen LogP) is 10.8. The summed E-state index contributed by atoms with van der Waals surface area (Å²) < 4.78 is 90.7. The van der Waals surface area contributed by atoms with E-state index in [2.05, 4.69) is 17.7 Å². The van der Waals surface area contributed by atoms with Crippen LogP contribution in [0.1, 0.15) is 107 Å². The Labute approximate surface area is 238 Å². The number of hydrogen-bond acceptors (Lipinski definition) is 2. The molecule has 0 radical (unpaired) electrons. The molecule has 0 aliphatic heterocycles. The van der Waals surface area contributed by atoms with Gasteiger partial charge in [-0.05, 0) is 135 Å². The van der Waals surface area contributed by atoms with Gasteiger partial charge in [0, 0.05) is 0 Å². The van der Waals surface area contributed by atoms with E-state index in [1.807, 2.05) is 6.07 Å². The minimum atomic E-state index is -4.85. The van der Waals surface area contributed by atoms with Crippen molar-refractivity contribution in [1.29, 1.82) is 0 Å². The van der Waals surface area contributed by atoms with E-state index < -0.39 is 24.1 Å². The largest absolute Gasteiger partial charge is 0.573 e. The summed E-state index contributed by atoms with van der Waals surface area (Å²) in [5, 5.41) is 0. The number of benzene rings is 2. The van der Waals surface area contributed by atoms with Gasteiger partial charge in [0.2, 0.25) is 0 Å². The van der Waals surface area contributed by atoms with E-state index >= 15 is 4.39 Å². The summed E-state index contributed by atoms with van der Waals surface area (Å²) in [6.45, 7) is 2.29. The third-order valence-corrected chi connectivity index (χ3v) is 9.95. The number of ether oxygens (including phenoxy) is 2. The van der Waals surface area contributed by atoms with Crippen LogP contribution < -0.4 is 9.47 Å². The molecule has 3 saturated carbocycles. The monoisotopic (exact) mass is 582 g/mol. The molecule has 0 spiro atoms. The topological polar surface area (TPSA) is 18.5 Å². The Morgan fingerprint density at radius 1 is 0.610 bits per heavy atom. The van der Waals surface area contributed by atoms with Gasteiger partial charge in [-0.1, -0.05) is 31.9 Å². The zero-order chi connectivity index (χ0) is 29.2. The molecule has 0 unspecified atom stereocenters. The molecule has 0 heterocycles. The van der Waals surface area contributed by atoms with Crippen molar-refractivity contribution >= 4 is 0 Å². The van der Waals surface area contributed by atoms with Crippen molar-refractivity contribution in [3.05, 3.63) is 59.4 Å². The molecule has 0 aromatic heterocycles. The average molecular weight is 583 g/mol. The highest BCUT2D eigenvalue weighted by Gasteiger charge is 2.45. The molecule has 226 valence electrons. The van der Waals surface area contributed by atoms with Crippen molar-refractivity contribution in [2.24, 2.45) is 23.7 Å². The zero-order valence-electron chi connectivity index (χ0n) is 23.6. The molecule has 3 aliphatic rings. The van der Waals surface area contributed by atoms with E-state index in [0.717, 1.165) is 79.8 Å². The van der Waals surface area contributed by atoms with Gasteiger partial charge in [0.1, 0.15) is 17.3 Å². The third kappa shape index (κ3) is 7.72. The quantitative estimate of drug-likeness (QED) is 0.302. The first-order chi connectivity index (χ1) is 19.5.